The van der Waals surface area contributed by atoms with Gasteiger partial charge in [0.25, 0.3) is 0 Å². The number of rotatable bonds is 3. The fourth-order valence-corrected chi connectivity index (χ4v) is 2.14. The minimum Gasteiger partial charge on any atom is -0.472 e. The highest BCUT2D eigenvalue weighted by Gasteiger charge is 2.13. The molecule has 2 heterocycles. The predicted octanol–water partition coefficient (Wildman–Crippen LogP) is 2.67. The number of anilines is 1. The van der Waals surface area contributed by atoms with Gasteiger partial charge in [-0.05, 0) is 29.7 Å². The Morgan fingerprint density at radius 2 is 2.29 bits per heavy atom. The number of hydrogen-bond acceptors (Lipinski definition) is 3. The predicted molar refractivity (Wildman–Crippen MR) is 65.4 cm³/mol. The SMILES string of the molecule is O=C(Cc1ccoc1)c1ccc2c(c1)NCC2. The molecule has 86 valence electrons. The lowest BCUT2D eigenvalue weighted by atomic mass is 10.0. The second-order valence-electron chi connectivity index (χ2n) is 4.28. The zero-order chi connectivity index (χ0) is 11.7. The molecule has 1 aliphatic heterocycles. The van der Waals surface area contributed by atoms with Crippen LogP contribution in [0.1, 0.15) is 21.5 Å². The largest absolute Gasteiger partial charge is 0.472 e. The van der Waals surface area contributed by atoms with Crippen LogP contribution >= 0.6 is 0 Å². The van der Waals surface area contributed by atoms with E-state index in [4.69, 9.17) is 4.42 Å². The molecule has 3 rings (SSSR count). The van der Waals surface area contributed by atoms with Crippen molar-refractivity contribution < 1.29 is 9.21 Å². The zero-order valence-electron chi connectivity index (χ0n) is 9.40. The molecule has 0 unspecified atom stereocenters. The van der Waals surface area contributed by atoms with Crippen molar-refractivity contribution in [3.05, 3.63) is 53.5 Å². The summed E-state index contributed by atoms with van der Waals surface area (Å²) >= 11 is 0. The van der Waals surface area contributed by atoms with Crippen molar-refractivity contribution in [2.24, 2.45) is 0 Å². The van der Waals surface area contributed by atoms with E-state index < -0.39 is 0 Å². The second kappa shape index (κ2) is 4.09. The first-order chi connectivity index (χ1) is 8.33. The van der Waals surface area contributed by atoms with Crippen molar-refractivity contribution >= 4 is 11.5 Å². The van der Waals surface area contributed by atoms with Gasteiger partial charge in [-0.15, -0.1) is 0 Å². The summed E-state index contributed by atoms with van der Waals surface area (Å²) in [4.78, 5) is 12.0. The van der Waals surface area contributed by atoms with Crippen molar-refractivity contribution in [3.63, 3.8) is 0 Å². The molecule has 1 aromatic carbocycles. The molecule has 0 bridgehead atoms. The molecule has 0 saturated heterocycles. The van der Waals surface area contributed by atoms with Crippen molar-refractivity contribution in [1.29, 1.82) is 0 Å². The Morgan fingerprint density at radius 1 is 1.35 bits per heavy atom. The lowest BCUT2D eigenvalue weighted by molar-refractivity contribution is 0.0993. The van der Waals surface area contributed by atoms with E-state index in [0.717, 1.165) is 29.8 Å². The molecule has 17 heavy (non-hydrogen) atoms. The normalized spacial score (nSPS) is 13.2. The zero-order valence-corrected chi connectivity index (χ0v) is 9.40. The molecular weight excluding hydrogens is 214 g/mol. The fraction of sp³-hybridized carbons (Fsp3) is 0.214. The van der Waals surface area contributed by atoms with Crippen LogP contribution in [0.3, 0.4) is 0 Å². The van der Waals surface area contributed by atoms with Crippen molar-refractivity contribution in [2.45, 2.75) is 12.8 Å². The summed E-state index contributed by atoms with van der Waals surface area (Å²) in [5, 5.41) is 3.28. The van der Waals surface area contributed by atoms with Gasteiger partial charge in [-0.3, -0.25) is 4.79 Å². The molecule has 3 nitrogen and oxygen atoms in total. The molecule has 1 aromatic heterocycles. The molecule has 0 spiro atoms. The van der Waals surface area contributed by atoms with Crippen LogP contribution in [0.5, 0.6) is 0 Å². The number of fused-ring (bicyclic) bond motifs is 1. The van der Waals surface area contributed by atoms with E-state index in [1.54, 1.807) is 12.5 Å². The number of carbonyl (C=O) groups is 1. The van der Waals surface area contributed by atoms with E-state index in [9.17, 15) is 4.79 Å². The van der Waals surface area contributed by atoms with Gasteiger partial charge in [0.15, 0.2) is 5.78 Å². The Bertz CT molecular complexity index is 543. The van der Waals surface area contributed by atoms with Gasteiger partial charge in [0, 0.05) is 24.2 Å². The molecule has 0 radical (unpaired) electrons. The highest BCUT2D eigenvalue weighted by atomic mass is 16.3. The van der Waals surface area contributed by atoms with Crippen molar-refractivity contribution in [2.75, 3.05) is 11.9 Å². The molecule has 1 aliphatic rings. The Balaban J connectivity index is 1.82. The van der Waals surface area contributed by atoms with Crippen LogP contribution in [0.15, 0.2) is 41.2 Å². The van der Waals surface area contributed by atoms with Crippen LogP contribution in [0.2, 0.25) is 0 Å². The molecular formula is C14H13NO2. The lowest BCUT2D eigenvalue weighted by Gasteiger charge is -2.03. The Labute approximate surface area is 99.4 Å². The summed E-state index contributed by atoms with van der Waals surface area (Å²) in [5.74, 6) is 0.128. The third-order valence-corrected chi connectivity index (χ3v) is 3.09. The topological polar surface area (TPSA) is 42.2 Å². The molecule has 0 saturated carbocycles. The van der Waals surface area contributed by atoms with Gasteiger partial charge in [0.05, 0.1) is 12.5 Å². The van der Waals surface area contributed by atoms with Crippen LogP contribution in [0.25, 0.3) is 0 Å². The van der Waals surface area contributed by atoms with Crippen LogP contribution in [0.4, 0.5) is 5.69 Å². The van der Waals surface area contributed by atoms with E-state index in [1.165, 1.54) is 5.56 Å². The number of nitrogens with one attached hydrogen (secondary N) is 1. The quantitative estimate of drug-likeness (QED) is 0.820. The van der Waals surface area contributed by atoms with E-state index in [0.29, 0.717) is 6.42 Å². The molecule has 0 fully saturated rings. The van der Waals surface area contributed by atoms with Gasteiger partial charge in [0.1, 0.15) is 0 Å². The molecule has 0 amide bonds. The maximum Gasteiger partial charge on any atom is 0.167 e. The molecule has 2 aromatic rings. The van der Waals surface area contributed by atoms with Gasteiger partial charge in [0.2, 0.25) is 0 Å². The number of benzene rings is 1. The molecule has 1 N–H and O–H groups in total. The lowest BCUT2D eigenvalue weighted by Crippen LogP contribution is -2.03. The monoisotopic (exact) mass is 227 g/mol. The maximum atomic E-state index is 12.0. The Kier molecular flexibility index (Phi) is 2.44. The number of furan rings is 1. The molecule has 3 heteroatoms. The summed E-state index contributed by atoms with van der Waals surface area (Å²) in [6, 6.07) is 7.72. The average Bonchev–Trinajstić information content (AvgIpc) is 2.97. The van der Waals surface area contributed by atoms with E-state index in [1.807, 2.05) is 24.3 Å². The number of carbonyl (C=O) groups excluding carboxylic acids is 1. The fourth-order valence-electron chi connectivity index (χ4n) is 2.14. The van der Waals surface area contributed by atoms with Crippen LogP contribution < -0.4 is 5.32 Å². The first-order valence-corrected chi connectivity index (χ1v) is 5.74. The third-order valence-electron chi connectivity index (χ3n) is 3.09. The third kappa shape index (κ3) is 1.96. The van der Waals surface area contributed by atoms with Crippen LogP contribution in [-0.4, -0.2) is 12.3 Å². The summed E-state index contributed by atoms with van der Waals surface area (Å²) < 4.78 is 4.96. The van der Waals surface area contributed by atoms with E-state index in [2.05, 4.69) is 5.32 Å². The summed E-state index contributed by atoms with van der Waals surface area (Å²) in [6.45, 7) is 0.967. The van der Waals surface area contributed by atoms with Gasteiger partial charge in [-0.25, -0.2) is 0 Å². The van der Waals surface area contributed by atoms with Crippen LogP contribution in [0, 0.1) is 0 Å². The summed E-state index contributed by atoms with van der Waals surface area (Å²) in [6.07, 6.45) is 4.65. The maximum absolute atomic E-state index is 12.0. The second-order valence-corrected chi connectivity index (χ2v) is 4.28. The van der Waals surface area contributed by atoms with Crippen molar-refractivity contribution in [3.8, 4) is 0 Å². The summed E-state index contributed by atoms with van der Waals surface area (Å²) in [7, 11) is 0. The standard InChI is InChI=1S/C14H13NO2/c16-14(7-10-4-6-17-9-10)12-2-1-11-3-5-15-13(11)8-12/h1-2,4,6,8-9,15H,3,5,7H2. The Morgan fingerprint density at radius 3 is 3.12 bits per heavy atom. The first-order valence-electron chi connectivity index (χ1n) is 5.74. The van der Waals surface area contributed by atoms with E-state index >= 15 is 0 Å². The van der Waals surface area contributed by atoms with Gasteiger partial charge < -0.3 is 9.73 Å². The first kappa shape index (κ1) is 10.1. The molecule has 0 atom stereocenters. The number of Topliss-reactive ketones (excluding diaryl/α,β-unsaturated/α-hetero) is 1. The average molecular weight is 227 g/mol. The minimum atomic E-state index is 0.128. The molecule has 0 aliphatic carbocycles. The van der Waals surface area contributed by atoms with Gasteiger partial charge in [-0.1, -0.05) is 12.1 Å². The van der Waals surface area contributed by atoms with Crippen LogP contribution in [-0.2, 0) is 12.8 Å². The smallest absolute Gasteiger partial charge is 0.167 e. The van der Waals surface area contributed by atoms with Gasteiger partial charge >= 0.3 is 0 Å². The Hall–Kier alpha value is -2.03. The highest BCUT2D eigenvalue weighted by molar-refractivity contribution is 5.98. The van der Waals surface area contributed by atoms with E-state index in [-0.39, 0.29) is 5.78 Å². The number of hydrogen-bond donors (Lipinski definition) is 1. The minimum absolute atomic E-state index is 0.128. The van der Waals surface area contributed by atoms with Gasteiger partial charge in [-0.2, -0.15) is 0 Å². The van der Waals surface area contributed by atoms with Crippen molar-refractivity contribution in [1.82, 2.24) is 0 Å². The summed E-state index contributed by atoms with van der Waals surface area (Å²) in [5.41, 5.74) is 4.08. The number of ketones is 1. The highest BCUT2D eigenvalue weighted by Crippen LogP contribution is 2.23.